The second kappa shape index (κ2) is 92.9. The summed E-state index contributed by atoms with van der Waals surface area (Å²) in [5, 5.41) is 15.2. The van der Waals surface area contributed by atoms with Gasteiger partial charge < -0.3 is 10.2 Å². The van der Waals surface area contributed by atoms with E-state index in [9.17, 15) is 4.79 Å². The zero-order valence-corrected chi connectivity index (χ0v) is 17.7. The fourth-order valence-electron chi connectivity index (χ4n) is 0.116. The van der Waals surface area contributed by atoms with E-state index in [4.69, 9.17) is 10.2 Å². The van der Waals surface area contributed by atoms with Crippen LogP contribution in [0, 0.1) is 0 Å². The summed E-state index contributed by atoms with van der Waals surface area (Å²) in [5.74, 6) is -0.581. The topological polar surface area (TPSA) is 76.0 Å². The minimum atomic E-state index is -0.581. The van der Waals surface area contributed by atoms with Gasteiger partial charge in [-0.2, -0.15) is 4.89 Å². The van der Waals surface area contributed by atoms with Crippen LogP contribution in [-0.4, -0.2) is 36.5 Å². The summed E-state index contributed by atoms with van der Waals surface area (Å²) in [7, 11) is 1.25. The standard InChI is InChI=1S/C4H6O3.5C3H6.C2H6O2/c1-3-4(5)7-6-2;5*1-3-2;3-1-2-4/h3H,1H2,2H3;5*3H,1H2,2H3;3-4H,1-2H2. The van der Waals surface area contributed by atoms with E-state index in [1.807, 2.05) is 34.6 Å². The summed E-state index contributed by atoms with van der Waals surface area (Å²) in [4.78, 5) is 17.9. The molecule has 156 valence electrons. The zero-order valence-electron chi connectivity index (χ0n) is 17.7. The molecule has 0 aromatic rings. The Kier molecular flexibility index (Phi) is 157. The van der Waals surface area contributed by atoms with E-state index < -0.39 is 5.97 Å². The van der Waals surface area contributed by atoms with E-state index in [0.29, 0.717) is 0 Å². The zero-order chi connectivity index (χ0) is 22.6. The molecule has 0 aliphatic heterocycles. The fraction of sp³-hybridized carbons (Fsp3) is 0.381. The van der Waals surface area contributed by atoms with E-state index >= 15 is 0 Å². The van der Waals surface area contributed by atoms with E-state index in [1.165, 1.54) is 7.11 Å². The van der Waals surface area contributed by atoms with Crippen molar-refractivity contribution in [3.05, 3.63) is 75.9 Å². The minimum absolute atomic E-state index is 0.125. The Morgan fingerprint density at radius 2 is 0.923 bits per heavy atom. The van der Waals surface area contributed by atoms with E-state index in [-0.39, 0.29) is 13.2 Å². The van der Waals surface area contributed by atoms with Gasteiger partial charge >= 0.3 is 5.97 Å². The summed E-state index contributed by atoms with van der Waals surface area (Å²) in [6.45, 7) is 29.1. The predicted molar refractivity (Wildman–Crippen MR) is 117 cm³/mol. The number of aliphatic hydroxyl groups is 2. The Bertz CT molecular complexity index is 235. The van der Waals surface area contributed by atoms with Crippen LogP contribution in [-0.2, 0) is 14.6 Å². The molecule has 0 spiro atoms. The lowest BCUT2D eigenvalue weighted by molar-refractivity contribution is -0.249. The number of rotatable bonds is 3. The first-order valence-electron chi connectivity index (χ1n) is 7.74. The van der Waals surface area contributed by atoms with Crippen molar-refractivity contribution in [2.45, 2.75) is 34.6 Å². The summed E-state index contributed by atoms with van der Waals surface area (Å²) in [5.41, 5.74) is 0. The van der Waals surface area contributed by atoms with Gasteiger partial charge in [-0.25, -0.2) is 4.79 Å². The molecule has 0 atom stereocenters. The maximum Gasteiger partial charge on any atom is 0.365 e. The molecule has 0 rings (SSSR count). The molecule has 5 nitrogen and oxygen atoms in total. The first-order chi connectivity index (χ1) is 12.3. The van der Waals surface area contributed by atoms with Crippen LogP contribution in [0.15, 0.2) is 75.9 Å². The first-order valence-corrected chi connectivity index (χ1v) is 7.74. The van der Waals surface area contributed by atoms with Crippen molar-refractivity contribution in [2.75, 3.05) is 20.3 Å². The van der Waals surface area contributed by atoms with Gasteiger partial charge in [0, 0.05) is 6.08 Å². The number of carbonyl (C=O) groups is 1. The molecule has 0 aliphatic carbocycles. The maximum absolute atomic E-state index is 9.95. The van der Waals surface area contributed by atoms with Crippen molar-refractivity contribution in [1.82, 2.24) is 0 Å². The Morgan fingerprint density at radius 3 is 0.962 bits per heavy atom. The van der Waals surface area contributed by atoms with Crippen molar-refractivity contribution in [3.8, 4) is 0 Å². The lowest BCUT2D eigenvalue weighted by Gasteiger charge is -1.88. The highest BCUT2D eigenvalue weighted by Crippen LogP contribution is 1.74. The molecule has 0 fully saturated rings. The Balaban J connectivity index is -0.0000000337. The molecule has 0 saturated heterocycles. The highest BCUT2D eigenvalue weighted by molar-refractivity contribution is 5.80. The second-order valence-corrected chi connectivity index (χ2v) is 3.26. The molecule has 0 aromatic heterocycles. The average molecular weight is 375 g/mol. The molecular weight excluding hydrogens is 332 g/mol. The molecule has 26 heavy (non-hydrogen) atoms. The van der Waals surface area contributed by atoms with Crippen molar-refractivity contribution in [2.24, 2.45) is 0 Å². The van der Waals surface area contributed by atoms with Crippen molar-refractivity contribution >= 4 is 5.97 Å². The summed E-state index contributed by atoms with van der Waals surface area (Å²) in [6.07, 6.45) is 9.77. The number of hydrogen-bond acceptors (Lipinski definition) is 5. The Hall–Kier alpha value is -2.21. The highest BCUT2D eigenvalue weighted by Gasteiger charge is 1.88. The van der Waals surface area contributed by atoms with Crippen LogP contribution in [0.25, 0.3) is 0 Å². The Morgan fingerprint density at radius 1 is 0.731 bits per heavy atom. The number of hydrogen-bond donors (Lipinski definition) is 2. The molecule has 2 N–H and O–H groups in total. The third-order valence-corrected chi connectivity index (χ3v) is 0.432. The molecule has 0 unspecified atom stereocenters. The molecule has 0 aromatic carbocycles. The fourth-order valence-corrected chi connectivity index (χ4v) is 0.116. The van der Waals surface area contributed by atoms with Crippen LogP contribution in [0.4, 0.5) is 0 Å². The van der Waals surface area contributed by atoms with Crippen LogP contribution in [0.2, 0.25) is 0 Å². The van der Waals surface area contributed by atoms with E-state index in [2.05, 4.69) is 49.2 Å². The van der Waals surface area contributed by atoms with Crippen molar-refractivity contribution in [3.63, 3.8) is 0 Å². The van der Waals surface area contributed by atoms with Gasteiger partial charge in [0.25, 0.3) is 0 Å². The molecule has 0 saturated carbocycles. The second-order valence-electron chi connectivity index (χ2n) is 3.26. The molecule has 5 heteroatoms. The first kappa shape index (κ1) is 43.8. The minimum Gasteiger partial charge on any atom is -0.394 e. The van der Waals surface area contributed by atoms with Crippen molar-refractivity contribution in [1.29, 1.82) is 0 Å². The van der Waals surface area contributed by atoms with Crippen LogP contribution >= 0.6 is 0 Å². The smallest absolute Gasteiger partial charge is 0.365 e. The van der Waals surface area contributed by atoms with Gasteiger partial charge in [-0.05, 0) is 34.6 Å². The largest absolute Gasteiger partial charge is 0.394 e. The molecule has 0 bridgehead atoms. The van der Waals surface area contributed by atoms with Crippen molar-refractivity contribution < 1.29 is 24.8 Å². The SMILES string of the molecule is C=CC.C=CC.C=CC.C=CC.C=CC.C=CC(=O)OOC.OCCO. The van der Waals surface area contributed by atoms with Crippen LogP contribution in [0.5, 0.6) is 0 Å². The molecule has 0 aliphatic rings. The summed E-state index contributed by atoms with van der Waals surface area (Å²) in [6, 6.07) is 0. The third kappa shape index (κ3) is 656. The highest BCUT2D eigenvalue weighted by atomic mass is 17.2. The number of allylic oxidation sites excluding steroid dienone is 5. The van der Waals surface area contributed by atoms with Gasteiger partial charge in [-0.1, -0.05) is 37.0 Å². The van der Waals surface area contributed by atoms with Gasteiger partial charge in [-0.15, -0.1) is 32.9 Å². The van der Waals surface area contributed by atoms with Gasteiger partial charge in [0.2, 0.25) is 0 Å². The van der Waals surface area contributed by atoms with Gasteiger partial charge in [0.15, 0.2) is 0 Å². The average Bonchev–Trinajstić information content (AvgIpc) is 2.59. The molecule has 0 radical (unpaired) electrons. The Labute approximate surface area is 162 Å². The van der Waals surface area contributed by atoms with E-state index in [0.717, 1.165) is 6.08 Å². The summed E-state index contributed by atoms with van der Waals surface area (Å²) >= 11 is 0. The molecule has 0 amide bonds. The van der Waals surface area contributed by atoms with Gasteiger partial charge in [-0.3, -0.25) is 4.89 Å². The maximum atomic E-state index is 9.95. The van der Waals surface area contributed by atoms with Gasteiger partial charge in [0.1, 0.15) is 0 Å². The van der Waals surface area contributed by atoms with Crippen LogP contribution in [0.3, 0.4) is 0 Å². The quantitative estimate of drug-likeness (QED) is 0.307. The van der Waals surface area contributed by atoms with E-state index in [1.54, 1.807) is 30.4 Å². The number of aliphatic hydroxyl groups excluding tert-OH is 2. The van der Waals surface area contributed by atoms with Crippen LogP contribution < -0.4 is 0 Å². The van der Waals surface area contributed by atoms with Crippen LogP contribution in [0.1, 0.15) is 34.6 Å². The monoisotopic (exact) mass is 374 g/mol. The van der Waals surface area contributed by atoms with Gasteiger partial charge in [0.05, 0.1) is 20.3 Å². The lowest BCUT2D eigenvalue weighted by Crippen LogP contribution is -1.96. The molecular formula is C21H42O5. The molecule has 0 heterocycles. The summed E-state index contributed by atoms with van der Waals surface area (Å²) < 4.78 is 0. The normalized spacial score (nSPS) is 5.69. The lowest BCUT2D eigenvalue weighted by atomic mass is 10.7. The number of carbonyl (C=O) groups excluding carboxylic acids is 1. The third-order valence-electron chi connectivity index (χ3n) is 0.432. The predicted octanol–water partition coefficient (Wildman–Crippen LogP) is 5.21.